The van der Waals surface area contributed by atoms with Gasteiger partial charge in [-0.05, 0) is 31.7 Å². The molecule has 1 unspecified atom stereocenters. The summed E-state index contributed by atoms with van der Waals surface area (Å²) in [6, 6.07) is 6.56. The Labute approximate surface area is 116 Å². The highest BCUT2D eigenvalue weighted by Crippen LogP contribution is 2.39. The minimum absolute atomic E-state index is 0.150. The van der Waals surface area contributed by atoms with Crippen LogP contribution in [0.15, 0.2) is 18.2 Å². The van der Waals surface area contributed by atoms with Crippen molar-refractivity contribution in [3.8, 4) is 5.75 Å². The molecule has 19 heavy (non-hydrogen) atoms. The summed E-state index contributed by atoms with van der Waals surface area (Å²) in [6.07, 6.45) is 9.47. The van der Waals surface area contributed by atoms with Crippen LogP contribution in [0, 0.1) is 12.8 Å². The van der Waals surface area contributed by atoms with Crippen LogP contribution in [-0.2, 0) is 0 Å². The van der Waals surface area contributed by atoms with Crippen molar-refractivity contribution in [1.29, 1.82) is 0 Å². The highest BCUT2D eigenvalue weighted by molar-refractivity contribution is 5.40. The van der Waals surface area contributed by atoms with Crippen LogP contribution in [0.5, 0.6) is 5.75 Å². The lowest BCUT2D eigenvalue weighted by Gasteiger charge is -2.35. The molecule has 2 aliphatic rings. The zero-order valence-corrected chi connectivity index (χ0v) is 11.9. The van der Waals surface area contributed by atoms with Gasteiger partial charge in [0.2, 0.25) is 0 Å². The van der Waals surface area contributed by atoms with Gasteiger partial charge in [0, 0.05) is 18.0 Å². The average Bonchev–Trinajstić information content (AvgIpc) is 2.68. The first-order valence-electron chi connectivity index (χ1n) is 7.77. The molecule has 1 aliphatic carbocycles. The summed E-state index contributed by atoms with van der Waals surface area (Å²) in [7, 11) is 0. The van der Waals surface area contributed by atoms with Crippen LogP contribution < -0.4 is 10.5 Å². The first kappa shape index (κ1) is 13.0. The topological polar surface area (TPSA) is 35.2 Å². The molecule has 0 aromatic heterocycles. The fourth-order valence-electron chi connectivity index (χ4n) is 3.62. The SMILES string of the molecule is Cc1ccc2c(c1)[C@H](N)CC(C1CCCCCC1)O2. The number of nitrogens with two attached hydrogens (primary N) is 1. The third-order valence-corrected chi connectivity index (χ3v) is 4.75. The second-order valence-corrected chi connectivity index (χ2v) is 6.29. The Morgan fingerprint density at radius 1 is 1.11 bits per heavy atom. The highest BCUT2D eigenvalue weighted by atomic mass is 16.5. The standard InChI is InChI=1S/C17H25NO/c1-12-8-9-16-14(10-12)15(18)11-17(19-16)13-6-4-2-3-5-7-13/h8-10,13,15,17H,2-7,11,18H2,1H3/t15-,17?/m1/s1. The van der Waals surface area contributed by atoms with E-state index in [0.29, 0.717) is 12.0 Å². The number of aryl methyl sites for hydroxylation is 1. The minimum Gasteiger partial charge on any atom is -0.490 e. The lowest BCUT2D eigenvalue weighted by molar-refractivity contribution is 0.0905. The van der Waals surface area contributed by atoms with Crippen molar-refractivity contribution in [2.24, 2.45) is 11.7 Å². The van der Waals surface area contributed by atoms with Crippen LogP contribution in [0.25, 0.3) is 0 Å². The maximum atomic E-state index is 6.37. The predicted molar refractivity (Wildman–Crippen MR) is 78.3 cm³/mol. The van der Waals surface area contributed by atoms with E-state index in [4.69, 9.17) is 10.5 Å². The van der Waals surface area contributed by atoms with E-state index in [1.165, 1.54) is 49.7 Å². The van der Waals surface area contributed by atoms with E-state index in [-0.39, 0.29) is 6.04 Å². The Morgan fingerprint density at radius 3 is 2.58 bits per heavy atom. The molecule has 1 aromatic rings. The van der Waals surface area contributed by atoms with Crippen LogP contribution in [0.4, 0.5) is 0 Å². The van der Waals surface area contributed by atoms with Crippen molar-refractivity contribution in [3.05, 3.63) is 29.3 Å². The van der Waals surface area contributed by atoms with Crippen molar-refractivity contribution >= 4 is 0 Å². The molecule has 0 bridgehead atoms. The van der Waals surface area contributed by atoms with Crippen LogP contribution in [0.2, 0.25) is 0 Å². The number of fused-ring (bicyclic) bond motifs is 1. The van der Waals surface area contributed by atoms with Crippen molar-refractivity contribution in [3.63, 3.8) is 0 Å². The van der Waals surface area contributed by atoms with Crippen molar-refractivity contribution in [1.82, 2.24) is 0 Å². The Kier molecular flexibility index (Phi) is 3.79. The van der Waals surface area contributed by atoms with Gasteiger partial charge in [-0.15, -0.1) is 0 Å². The average molecular weight is 259 g/mol. The van der Waals surface area contributed by atoms with E-state index in [1.807, 2.05) is 0 Å². The van der Waals surface area contributed by atoms with Gasteiger partial charge in [-0.3, -0.25) is 0 Å². The molecular weight excluding hydrogens is 234 g/mol. The minimum atomic E-state index is 0.150. The van der Waals surface area contributed by atoms with Crippen molar-refractivity contribution < 1.29 is 4.74 Å². The highest BCUT2D eigenvalue weighted by Gasteiger charge is 2.31. The van der Waals surface area contributed by atoms with Crippen LogP contribution in [0.3, 0.4) is 0 Å². The van der Waals surface area contributed by atoms with E-state index in [2.05, 4.69) is 25.1 Å². The zero-order chi connectivity index (χ0) is 13.2. The second kappa shape index (κ2) is 5.54. The number of hydrogen-bond acceptors (Lipinski definition) is 2. The number of hydrogen-bond donors (Lipinski definition) is 1. The quantitative estimate of drug-likeness (QED) is 0.770. The number of ether oxygens (including phenoxy) is 1. The van der Waals surface area contributed by atoms with Gasteiger partial charge in [0.25, 0.3) is 0 Å². The van der Waals surface area contributed by atoms with Crippen molar-refractivity contribution in [2.45, 2.75) is 64.0 Å². The van der Waals surface area contributed by atoms with Gasteiger partial charge in [0.15, 0.2) is 0 Å². The predicted octanol–water partition coefficient (Wildman–Crippen LogP) is 4.12. The van der Waals surface area contributed by atoms with Gasteiger partial charge in [0.05, 0.1) is 0 Å². The van der Waals surface area contributed by atoms with Gasteiger partial charge >= 0.3 is 0 Å². The molecule has 0 saturated heterocycles. The monoisotopic (exact) mass is 259 g/mol. The number of benzene rings is 1. The molecular formula is C17H25NO. The summed E-state index contributed by atoms with van der Waals surface area (Å²) < 4.78 is 6.27. The molecule has 1 heterocycles. The molecule has 2 nitrogen and oxygen atoms in total. The molecule has 2 atom stereocenters. The summed E-state index contributed by atoms with van der Waals surface area (Å²) in [5, 5.41) is 0. The van der Waals surface area contributed by atoms with Crippen LogP contribution in [-0.4, -0.2) is 6.10 Å². The van der Waals surface area contributed by atoms with Gasteiger partial charge in [-0.25, -0.2) is 0 Å². The molecule has 104 valence electrons. The van der Waals surface area contributed by atoms with Crippen LogP contribution in [0.1, 0.15) is 62.1 Å². The Morgan fingerprint density at radius 2 is 1.84 bits per heavy atom. The largest absolute Gasteiger partial charge is 0.490 e. The first-order valence-corrected chi connectivity index (χ1v) is 7.77. The summed E-state index contributed by atoms with van der Waals surface area (Å²) in [4.78, 5) is 0. The molecule has 2 N–H and O–H groups in total. The number of rotatable bonds is 1. The Hall–Kier alpha value is -1.02. The fourth-order valence-corrected chi connectivity index (χ4v) is 3.62. The summed E-state index contributed by atoms with van der Waals surface area (Å²) >= 11 is 0. The smallest absolute Gasteiger partial charge is 0.124 e. The van der Waals surface area contributed by atoms with Gasteiger partial charge in [-0.2, -0.15) is 0 Å². The third-order valence-electron chi connectivity index (χ3n) is 4.75. The molecule has 1 aromatic carbocycles. The van der Waals surface area contributed by atoms with E-state index >= 15 is 0 Å². The molecule has 2 heteroatoms. The van der Waals surface area contributed by atoms with Gasteiger partial charge < -0.3 is 10.5 Å². The zero-order valence-electron chi connectivity index (χ0n) is 11.9. The molecule has 1 fully saturated rings. The second-order valence-electron chi connectivity index (χ2n) is 6.29. The summed E-state index contributed by atoms with van der Waals surface area (Å²) in [5.41, 5.74) is 8.84. The van der Waals surface area contributed by atoms with E-state index < -0.39 is 0 Å². The molecule has 3 rings (SSSR count). The normalized spacial score (nSPS) is 28.3. The molecule has 0 radical (unpaired) electrons. The maximum absolute atomic E-state index is 6.37. The lowest BCUT2D eigenvalue weighted by Crippen LogP contribution is -2.35. The van der Waals surface area contributed by atoms with Crippen LogP contribution >= 0.6 is 0 Å². The molecule has 0 spiro atoms. The van der Waals surface area contributed by atoms with E-state index in [0.717, 1.165) is 12.2 Å². The van der Waals surface area contributed by atoms with Gasteiger partial charge in [-0.1, -0.05) is 43.4 Å². The van der Waals surface area contributed by atoms with E-state index in [9.17, 15) is 0 Å². The van der Waals surface area contributed by atoms with Crippen molar-refractivity contribution in [2.75, 3.05) is 0 Å². The van der Waals surface area contributed by atoms with Gasteiger partial charge in [0.1, 0.15) is 11.9 Å². The van der Waals surface area contributed by atoms with E-state index in [1.54, 1.807) is 0 Å². The fraction of sp³-hybridized carbons (Fsp3) is 0.647. The summed E-state index contributed by atoms with van der Waals surface area (Å²) in [5.74, 6) is 1.74. The molecule has 0 amide bonds. The maximum Gasteiger partial charge on any atom is 0.124 e. The molecule has 1 saturated carbocycles. The lowest BCUT2D eigenvalue weighted by atomic mass is 9.86. The molecule has 1 aliphatic heterocycles. The summed E-state index contributed by atoms with van der Waals surface area (Å²) in [6.45, 7) is 2.12. The Balaban J connectivity index is 1.78. The first-order chi connectivity index (χ1) is 9.24. The Bertz CT molecular complexity index is 435. The third kappa shape index (κ3) is 2.79.